The Labute approximate surface area is 211 Å². The highest BCUT2D eigenvalue weighted by Gasteiger charge is 2.20. The zero-order valence-electron chi connectivity index (χ0n) is 19.4. The molecule has 9 heteroatoms. The zero-order valence-corrected chi connectivity index (χ0v) is 20.3. The minimum absolute atomic E-state index is 0.0980. The Morgan fingerprint density at radius 1 is 1.03 bits per heavy atom. The summed E-state index contributed by atoms with van der Waals surface area (Å²) in [4.78, 5) is 11.3. The third-order valence-electron chi connectivity index (χ3n) is 6.26. The van der Waals surface area contributed by atoms with Crippen molar-refractivity contribution in [3.05, 3.63) is 60.3 Å². The Morgan fingerprint density at radius 2 is 1.80 bits per heavy atom. The lowest BCUT2D eigenvalue weighted by atomic mass is 10.1. The number of hydrogen-bond donors (Lipinski definition) is 2. The van der Waals surface area contributed by atoms with Gasteiger partial charge in [-0.1, -0.05) is 12.8 Å². The lowest BCUT2D eigenvalue weighted by Crippen LogP contribution is -2.36. The topological polar surface area (TPSA) is 86.5 Å². The molecule has 5 rings (SSSR count). The fraction of sp³-hybridized carbons (Fsp3) is 0.346. The average molecular weight is 489 g/mol. The van der Waals surface area contributed by atoms with Gasteiger partial charge in [-0.3, -0.25) is 4.31 Å². The molecule has 180 valence electrons. The third-order valence-corrected chi connectivity index (χ3v) is 6.66. The maximum Gasteiger partial charge on any atom is 0.227 e. The van der Waals surface area contributed by atoms with Gasteiger partial charge in [0.1, 0.15) is 17.9 Å². The molecule has 2 fully saturated rings. The van der Waals surface area contributed by atoms with Gasteiger partial charge in [-0.2, -0.15) is 5.26 Å². The van der Waals surface area contributed by atoms with Gasteiger partial charge in [0, 0.05) is 49.3 Å². The maximum absolute atomic E-state index is 9.72. The number of ether oxygens (including phenoxy) is 2. The Balaban J connectivity index is 1.28. The van der Waals surface area contributed by atoms with E-state index in [1.54, 1.807) is 6.20 Å². The van der Waals surface area contributed by atoms with E-state index in [9.17, 15) is 5.26 Å². The number of benzene rings is 2. The highest BCUT2D eigenvalue weighted by molar-refractivity contribution is 7.77. The fourth-order valence-corrected chi connectivity index (χ4v) is 4.54. The second kappa shape index (κ2) is 11.0. The van der Waals surface area contributed by atoms with Crippen molar-refractivity contribution in [2.75, 3.05) is 49.6 Å². The van der Waals surface area contributed by atoms with Gasteiger partial charge >= 0.3 is 0 Å². The molecule has 35 heavy (non-hydrogen) atoms. The molecule has 8 nitrogen and oxygen atoms in total. The van der Waals surface area contributed by atoms with Crippen molar-refractivity contribution in [1.29, 1.82) is 5.26 Å². The molecule has 0 unspecified atom stereocenters. The Kier molecular flexibility index (Phi) is 7.33. The highest BCUT2D eigenvalue weighted by atomic mass is 32.1. The van der Waals surface area contributed by atoms with Crippen LogP contribution >= 0.6 is 12.8 Å². The van der Waals surface area contributed by atoms with Crippen molar-refractivity contribution in [3.63, 3.8) is 0 Å². The van der Waals surface area contributed by atoms with Gasteiger partial charge in [-0.05, 0) is 61.4 Å². The summed E-state index contributed by atoms with van der Waals surface area (Å²) in [6.07, 6.45) is 3.60. The predicted molar refractivity (Wildman–Crippen MR) is 139 cm³/mol. The molecular weight excluding hydrogens is 460 g/mol. The van der Waals surface area contributed by atoms with E-state index in [1.165, 1.54) is 5.69 Å². The number of thiol groups is 1. The molecule has 0 spiro atoms. The summed E-state index contributed by atoms with van der Waals surface area (Å²) in [6.45, 7) is 5.08. The number of piperidine rings is 1. The first kappa shape index (κ1) is 23.4. The lowest BCUT2D eigenvalue weighted by molar-refractivity contribution is 0.122. The number of hydrogen-bond acceptors (Lipinski definition) is 9. The van der Waals surface area contributed by atoms with Crippen molar-refractivity contribution in [2.24, 2.45) is 0 Å². The molecule has 0 aliphatic carbocycles. The summed E-state index contributed by atoms with van der Waals surface area (Å²) < 4.78 is 13.6. The summed E-state index contributed by atoms with van der Waals surface area (Å²) >= 11 is 4.39. The normalized spacial score (nSPS) is 17.1. The van der Waals surface area contributed by atoms with E-state index in [0.29, 0.717) is 17.3 Å². The second-order valence-corrected chi connectivity index (χ2v) is 9.20. The second-order valence-electron chi connectivity index (χ2n) is 8.63. The quantitative estimate of drug-likeness (QED) is 0.497. The SMILES string of the molecule is N#Cc1cc(-c2ccnc(Nc3ccc(N4CCOCC4)cc3)n2)ccc1OC1CCN(S)CC1. The smallest absolute Gasteiger partial charge is 0.227 e. The molecular formula is C26H28N6O2S. The van der Waals surface area contributed by atoms with E-state index in [-0.39, 0.29) is 6.10 Å². The van der Waals surface area contributed by atoms with E-state index in [1.807, 2.05) is 40.7 Å². The van der Waals surface area contributed by atoms with Crippen LogP contribution in [0, 0.1) is 11.3 Å². The highest BCUT2D eigenvalue weighted by Crippen LogP contribution is 2.29. The monoisotopic (exact) mass is 488 g/mol. The van der Waals surface area contributed by atoms with Crippen LogP contribution in [0.15, 0.2) is 54.7 Å². The first-order valence-electron chi connectivity index (χ1n) is 11.9. The van der Waals surface area contributed by atoms with Crippen LogP contribution < -0.4 is 15.0 Å². The van der Waals surface area contributed by atoms with Gasteiger partial charge in [0.2, 0.25) is 5.95 Å². The molecule has 1 N–H and O–H groups in total. The minimum atomic E-state index is 0.0980. The van der Waals surface area contributed by atoms with Crippen LogP contribution in [0.3, 0.4) is 0 Å². The van der Waals surface area contributed by atoms with Crippen molar-refractivity contribution >= 4 is 30.1 Å². The third kappa shape index (κ3) is 5.85. The first-order chi connectivity index (χ1) is 17.2. The molecule has 2 aromatic carbocycles. The van der Waals surface area contributed by atoms with Gasteiger partial charge in [0.05, 0.1) is 24.5 Å². The van der Waals surface area contributed by atoms with E-state index in [0.717, 1.165) is 69.2 Å². The fourth-order valence-electron chi connectivity index (χ4n) is 4.30. The van der Waals surface area contributed by atoms with Gasteiger partial charge in [-0.25, -0.2) is 9.97 Å². The van der Waals surface area contributed by atoms with Crippen LogP contribution in [-0.2, 0) is 4.74 Å². The van der Waals surface area contributed by atoms with Crippen molar-refractivity contribution in [1.82, 2.24) is 14.3 Å². The minimum Gasteiger partial charge on any atom is -0.489 e. The molecule has 1 aromatic heterocycles. The molecule has 2 saturated heterocycles. The lowest BCUT2D eigenvalue weighted by Gasteiger charge is -2.28. The van der Waals surface area contributed by atoms with Crippen LogP contribution in [0.25, 0.3) is 11.3 Å². The van der Waals surface area contributed by atoms with Crippen molar-refractivity contribution < 1.29 is 9.47 Å². The molecule has 3 aromatic rings. The molecule has 0 radical (unpaired) electrons. The number of aromatic nitrogens is 2. The van der Waals surface area contributed by atoms with Gasteiger partial charge < -0.3 is 19.7 Å². The molecule has 2 aliphatic rings. The van der Waals surface area contributed by atoms with Crippen LogP contribution in [0.1, 0.15) is 18.4 Å². The Morgan fingerprint density at radius 3 is 2.54 bits per heavy atom. The average Bonchev–Trinajstić information content (AvgIpc) is 2.91. The van der Waals surface area contributed by atoms with Crippen molar-refractivity contribution in [2.45, 2.75) is 18.9 Å². The standard InChI is InChI=1S/C26H28N6O2S/c27-18-20-17-19(1-6-25(20)34-23-8-11-32(35)12-9-23)24-7-10-28-26(30-24)29-21-2-4-22(5-3-21)31-13-15-33-16-14-31/h1-7,10,17,23,35H,8-9,11-16H2,(H,28,29,30). The first-order valence-corrected chi connectivity index (χ1v) is 12.3. The van der Waals surface area contributed by atoms with E-state index in [4.69, 9.17) is 9.47 Å². The largest absolute Gasteiger partial charge is 0.489 e. The summed E-state index contributed by atoms with van der Waals surface area (Å²) in [5.74, 6) is 1.11. The Bertz CT molecular complexity index is 1190. The number of nitriles is 1. The number of nitrogens with one attached hydrogen (secondary N) is 1. The summed E-state index contributed by atoms with van der Waals surface area (Å²) in [6, 6.07) is 18.0. The summed E-state index contributed by atoms with van der Waals surface area (Å²) in [5, 5.41) is 13.0. The van der Waals surface area contributed by atoms with E-state index in [2.05, 4.69) is 51.2 Å². The number of morpholine rings is 1. The Hall–Kier alpha value is -3.32. The molecule has 0 amide bonds. The molecule has 3 heterocycles. The zero-order chi connectivity index (χ0) is 24.0. The molecule has 0 saturated carbocycles. The summed E-state index contributed by atoms with van der Waals surface area (Å²) in [7, 11) is 0. The maximum atomic E-state index is 9.72. The van der Waals surface area contributed by atoms with Gasteiger partial charge in [-0.15, -0.1) is 0 Å². The number of rotatable bonds is 6. The summed E-state index contributed by atoms with van der Waals surface area (Å²) in [5.41, 5.74) is 4.16. The molecule has 2 aliphatic heterocycles. The van der Waals surface area contributed by atoms with Crippen LogP contribution in [0.5, 0.6) is 5.75 Å². The van der Waals surface area contributed by atoms with E-state index >= 15 is 0 Å². The molecule has 0 atom stereocenters. The van der Waals surface area contributed by atoms with Crippen LogP contribution in [0.4, 0.5) is 17.3 Å². The van der Waals surface area contributed by atoms with Crippen molar-refractivity contribution in [3.8, 4) is 23.1 Å². The van der Waals surface area contributed by atoms with Gasteiger partial charge in [0.25, 0.3) is 0 Å². The van der Waals surface area contributed by atoms with E-state index < -0.39 is 0 Å². The molecule has 0 bridgehead atoms. The van der Waals surface area contributed by atoms with Gasteiger partial charge in [0.15, 0.2) is 0 Å². The number of nitrogens with zero attached hydrogens (tertiary/aromatic N) is 5. The van der Waals surface area contributed by atoms with Crippen LogP contribution in [-0.4, -0.2) is 59.8 Å². The number of anilines is 3. The predicted octanol–water partition coefficient (Wildman–Crippen LogP) is 4.28. The van der Waals surface area contributed by atoms with Crippen LogP contribution in [0.2, 0.25) is 0 Å².